The largest absolute Gasteiger partial charge is 0.453 e. The minimum atomic E-state index is -0.639. The Morgan fingerprint density at radius 2 is 1.73 bits per heavy atom. The zero-order valence-electron chi connectivity index (χ0n) is 34.0. The molecule has 5 aromatic rings. The highest BCUT2D eigenvalue weighted by atomic mass is 32.2. The number of rotatable bonds is 8. The molecule has 9 rings (SSSR count). The number of benzene rings is 3. The van der Waals surface area contributed by atoms with E-state index in [1.165, 1.54) is 99.1 Å². The van der Waals surface area contributed by atoms with E-state index in [-0.39, 0.29) is 47.0 Å². The van der Waals surface area contributed by atoms with Crippen molar-refractivity contribution in [2.45, 2.75) is 95.4 Å². The molecule has 3 amide bonds. The molecular formula is C44H49F2N9O4S. The summed E-state index contributed by atoms with van der Waals surface area (Å²) in [7, 11) is 1.72. The molecule has 60 heavy (non-hydrogen) atoms. The number of hydrogen-bond acceptors (Lipinski definition) is 10. The highest BCUT2D eigenvalue weighted by Crippen LogP contribution is 2.54. The Hall–Kier alpha value is -5.53. The molecular weight excluding hydrogens is 789 g/mol. The first-order valence-corrected chi connectivity index (χ1v) is 21.6. The number of amides is 3. The number of imide groups is 1. The molecule has 0 unspecified atom stereocenters. The highest BCUT2D eigenvalue weighted by Gasteiger charge is 2.47. The average Bonchev–Trinajstić information content (AvgIpc) is 3.55. The van der Waals surface area contributed by atoms with Crippen molar-refractivity contribution in [2.75, 3.05) is 29.3 Å². The van der Waals surface area contributed by atoms with Gasteiger partial charge in [-0.25, -0.2) is 18.6 Å². The number of nitrogens with one attached hydrogen (secondary N) is 2. The molecule has 0 atom stereocenters. The van der Waals surface area contributed by atoms with Gasteiger partial charge in [0.15, 0.2) is 17.4 Å². The van der Waals surface area contributed by atoms with Crippen molar-refractivity contribution in [3.8, 4) is 17.6 Å². The number of anilines is 2. The smallest absolute Gasteiger partial charge is 0.329 e. The zero-order chi connectivity index (χ0) is 42.1. The lowest BCUT2D eigenvalue weighted by molar-refractivity contribution is -0.120. The molecule has 0 bridgehead atoms. The molecule has 2 aliphatic carbocycles. The first-order valence-electron chi connectivity index (χ1n) is 20.7. The third-order valence-corrected chi connectivity index (χ3v) is 13.2. The number of aromatic nitrogens is 4. The number of carbonyl (C=O) groups is 2. The highest BCUT2D eigenvalue weighted by molar-refractivity contribution is 8.01. The third kappa shape index (κ3) is 8.42. The lowest BCUT2D eigenvalue weighted by atomic mass is 9.60. The molecule has 0 radical (unpaired) electrons. The van der Waals surface area contributed by atoms with Crippen LogP contribution in [0.5, 0.6) is 11.5 Å². The maximum absolute atomic E-state index is 14.8. The standard InChI is InChI=1S/C32H38FN5O2S.C12H11FN4O2/c1-21(2)41-36-29-11-9-27(33)30(26(29)19-34)40-24-8-10-28-25(16-24)31(39)38(20-35-28)23-17-32(18-23)12-14-37(15-13-32)22-6-4-3-5-7-22;1-16-9-3-2-7(13)6-8(9)11(15-16)17-5-4-10(18)14-12(17)19/h8-11,16,20-23,36H,3-7,12-15,17-18H2,1-2H3;2-3,6H,4-5H2,1H3,(H,14,18,19). The summed E-state index contributed by atoms with van der Waals surface area (Å²) in [5, 5.41) is 17.5. The van der Waals surface area contributed by atoms with Crippen LogP contribution in [0.3, 0.4) is 0 Å². The molecule has 2 aromatic heterocycles. The fourth-order valence-electron chi connectivity index (χ4n) is 9.13. The van der Waals surface area contributed by atoms with Crippen molar-refractivity contribution >= 4 is 57.2 Å². The Morgan fingerprint density at radius 1 is 0.967 bits per heavy atom. The van der Waals surface area contributed by atoms with Crippen molar-refractivity contribution < 1.29 is 23.1 Å². The second kappa shape index (κ2) is 17.2. The van der Waals surface area contributed by atoms with E-state index < -0.39 is 17.7 Å². The van der Waals surface area contributed by atoms with Gasteiger partial charge in [-0.1, -0.05) is 33.1 Å². The summed E-state index contributed by atoms with van der Waals surface area (Å²) in [4.78, 5) is 45.2. The van der Waals surface area contributed by atoms with Crippen LogP contribution in [0.1, 0.15) is 89.7 Å². The summed E-state index contributed by atoms with van der Waals surface area (Å²) in [6, 6.07) is 14.5. The molecule has 2 saturated carbocycles. The minimum absolute atomic E-state index is 0.0798. The summed E-state index contributed by atoms with van der Waals surface area (Å²) < 4.78 is 40.5. The van der Waals surface area contributed by atoms with Gasteiger partial charge in [-0.05, 0) is 118 Å². The van der Waals surface area contributed by atoms with Gasteiger partial charge in [0.25, 0.3) is 5.56 Å². The fraction of sp³-hybridized carbons (Fsp3) is 0.455. The van der Waals surface area contributed by atoms with Crippen LogP contribution in [-0.2, 0) is 11.8 Å². The maximum atomic E-state index is 14.8. The molecule has 2 N–H and O–H groups in total. The third-order valence-electron chi connectivity index (χ3n) is 12.4. The van der Waals surface area contributed by atoms with Crippen molar-refractivity contribution in [3.63, 3.8) is 0 Å². The van der Waals surface area contributed by atoms with Crippen molar-refractivity contribution in [1.29, 1.82) is 5.26 Å². The molecule has 4 heterocycles. The number of nitrogens with zero attached hydrogens (tertiary/aromatic N) is 7. The van der Waals surface area contributed by atoms with E-state index >= 15 is 0 Å². The topological polar surface area (TPSA) is 150 Å². The minimum Gasteiger partial charge on any atom is -0.453 e. The maximum Gasteiger partial charge on any atom is 0.329 e. The van der Waals surface area contributed by atoms with Crippen molar-refractivity contribution in [3.05, 3.63) is 82.4 Å². The Labute approximate surface area is 351 Å². The molecule has 2 aliphatic heterocycles. The van der Waals surface area contributed by atoms with Gasteiger partial charge in [0, 0.05) is 42.7 Å². The average molecular weight is 838 g/mol. The molecule has 4 fully saturated rings. The van der Waals surface area contributed by atoms with E-state index in [1.807, 2.05) is 13.8 Å². The number of hydrogen-bond donors (Lipinski definition) is 2. The van der Waals surface area contributed by atoms with Crippen LogP contribution in [0.15, 0.2) is 59.7 Å². The number of urea groups is 1. The summed E-state index contributed by atoms with van der Waals surface area (Å²) in [5.74, 6) is -0.853. The lowest BCUT2D eigenvalue weighted by Gasteiger charge is -2.53. The van der Waals surface area contributed by atoms with Crippen LogP contribution in [0, 0.1) is 28.4 Å². The zero-order valence-corrected chi connectivity index (χ0v) is 34.9. The van der Waals surface area contributed by atoms with E-state index in [0.29, 0.717) is 39.0 Å². The molecule has 13 nitrogen and oxygen atoms in total. The number of aryl methyl sites for hydroxylation is 1. The van der Waals surface area contributed by atoms with Gasteiger partial charge in [-0.15, -0.1) is 0 Å². The van der Waals surface area contributed by atoms with Gasteiger partial charge in [-0.2, -0.15) is 10.4 Å². The van der Waals surface area contributed by atoms with E-state index in [4.69, 9.17) is 4.74 Å². The van der Waals surface area contributed by atoms with E-state index in [1.54, 1.807) is 46.9 Å². The summed E-state index contributed by atoms with van der Waals surface area (Å²) in [6.07, 6.45) is 13.2. The summed E-state index contributed by atoms with van der Waals surface area (Å²) in [6.45, 7) is 6.64. The van der Waals surface area contributed by atoms with Crippen LogP contribution in [0.25, 0.3) is 21.8 Å². The molecule has 314 valence electrons. The predicted molar refractivity (Wildman–Crippen MR) is 228 cm³/mol. The Balaban J connectivity index is 0.000000218. The summed E-state index contributed by atoms with van der Waals surface area (Å²) >= 11 is 1.43. The van der Waals surface area contributed by atoms with Gasteiger partial charge in [-0.3, -0.25) is 29.1 Å². The van der Waals surface area contributed by atoms with E-state index in [9.17, 15) is 28.4 Å². The van der Waals surface area contributed by atoms with Gasteiger partial charge >= 0.3 is 6.03 Å². The Bertz CT molecular complexity index is 2530. The number of fused-ring (bicyclic) bond motifs is 2. The molecule has 1 spiro atoms. The molecule has 4 aliphatic rings. The van der Waals surface area contributed by atoms with Gasteiger partial charge < -0.3 is 14.4 Å². The van der Waals surface area contributed by atoms with Crippen LogP contribution < -0.4 is 25.2 Å². The van der Waals surface area contributed by atoms with E-state index in [2.05, 4.69) is 31.1 Å². The number of likely N-dealkylation sites (tertiary alicyclic amines) is 1. The van der Waals surface area contributed by atoms with Crippen LogP contribution in [0.4, 0.5) is 25.1 Å². The second-order valence-electron chi connectivity index (χ2n) is 16.7. The lowest BCUT2D eigenvalue weighted by Crippen LogP contribution is -2.51. The van der Waals surface area contributed by atoms with Crippen LogP contribution in [0.2, 0.25) is 0 Å². The summed E-state index contributed by atoms with van der Waals surface area (Å²) in [5.41, 5.74) is 2.09. The normalized spacial score (nSPS) is 18.6. The Morgan fingerprint density at radius 3 is 2.45 bits per heavy atom. The van der Waals surface area contributed by atoms with Crippen LogP contribution >= 0.6 is 11.9 Å². The SMILES string of the molecule is CC(C)SNc1ccc(F)c(Oc2ccc3ncn(C4CC5(CCN(C6CCCCC6)CC5)C4)c(=O)c3c2)c1C#N.Cn1nc(N2CCC(=O)NC2=O)c2cc(F)ccc21. The number of halogens is 2. The molecule has 3 aromatic carbocycles. The quantitative estimate of drug-likeness (QED) is 0.146. The number of ether oxygens (including phenoxy) is 1. The first kappa shape index (κ1) is 41.2. The fourth-order valence-corrected chi connectivity index (χ4v) is 9.66. The first-order chi connectivity index (χ1) is 28.9. The second-order valence-corrected chi connectivity index (χ2v) is 18.1. The van der Waals surface area contributed by atoms with Gasteiger partial charge in [0.1, 0.15) is 23.2 Å². The van der Waals surface area contributed by atoms with Crippen molar-refractivity contribution in [2.24, 2.45) is 12.5 Å². The van der Waals surface area contributed by atoms with Gasteiger partial charge in [0.05, 0.1) is 28.4 Å². The Kier molecular flexibility index (Phi) is 11.8. The van der Waals surface area contributed by atoms with Crippen LogP contribution in [-0.4, -0.2) is 67.1 Å². The molecule has 16 heteroatoms. The van der Waals surface area contributed by atoms with E-state index in [0.717, 1.165) is 24.4 Å². The number of carbonyl (C=O) groups excluding carboxylic acids is 2. The monoisotopic (exact) mass is 837 g/mol. The predicted octanol–water partition coefficient (Wildman–Crippen LogP) is 8.58. The number of nitriles is 1. The number of piperidine rings is 1. The molecule has 2 saturated heterocycles. The van der Waals surface area contributed by atoms with Crippen molar-refractivity contribution in [1.82, 2.24) is 29.5 Å². The van der Waals surface area contributed by atoms with Gasteiger partial charge in [0.2, 0.25) is 5.91 Å².